The smallest absolute Gasteiger partial charge is 0.418 e. The van der Waals surface area contributed by atoms with Crippen LogP contribution in [0.1, 0.15) is 28.8 Å². The van der Waals surface area contributed by atoms with E-state index in [0.717, 1.165) is 36.3 Å². The third-order valence-electron chi connectivity index (χ3n) is 6.75. The molecule has 4 N–H and O–H groups in total. The van der Waals surface area contributed by atoms with Gasteiger partial charge in [0.2, 0.25) is 5.88 Å². The average molecular weight is 523 g/mol. The number of nitrogen functional groups attached to an aromatic ring is 1. The first-order valence-electron chi connectivity index (χ1n) is 11.8. The minimum absolute atomic E-state index is 0.0000937. The van der Waals surface area contributed by atoms with Crippen LogP contribution in [0.15, 0.2) is 24.7 Å². The van der Waals surface area contributed by atoms with E-state index in [1.54, 1.807) is 0 Å². The highest BCUT2D eigenvalue weighted by molar-refractivity contribution is 5.98. The number of carbonyl (C=O) groups excluding carboxylic acids is 1. The Kier molecular flexibility index (Phi) is 6.62. The predicted octanol–water partition coefficient (Wildman–Crippen LogP) is 1.90. The van der Waals surface area contributed by atoms with Crippen molar-refractivity contribution in [1.82, 2.24) is 35.1 Å². The molecule has 3 unspecified atom stereocenters. The molecule has 37 heavy (non-hydrogen) atoms. The van der Waals surface area contributed by atoms with Gasteiger partial charge in [0.15, 0.2) is 5.82 Å². The molecule has 3 aromatic rings. The number of pyridine rings is 1. The summed E-state index contributed by atoms with van der Waals surface area (Å²) in [5.74, 6) is -1.04. The van der Waals surface area contributed by atoms with Gasteiger partial charge in [0.25, 0.3) is 5.91 Å². The van der Waals surface area contributed by atoms with Crippen LogP contribution in [0.3, 0.4) is 0 Å². The Bertz CT molecular complexity index is 1310. The minimum atomic E-state index is -4.72. The van der Waals surface area contributed by atoms with Gasteiger partial charge in [-0.2, -0.15) is 18.3 Å². The molecule has 1 amide bonds. The highest BCUT2D eigenvalue weighted by Gasteiger charge is 2.38. The molecule has 5 rings (SSSR count). The van der Waals surface area contributed by atoms with Gasteiger partial charge in [0.1, 0.15) is 23.6 Å². The molecule has 0 saturated carbocycles. The van der Waals surface area contributed by atoms with Crippen molar-refractivity contribution in [3.05, 3.63) is 35.8 Å². The van der Waals surface area contributed by atoms with Gasteiger partial charge in [-0.25, -0.2) is 18.9 Å². The molecule has 2 saturated heterocycles. The van der Waals surface area contributed by atoms with Gasteiger partial charge in [-0.15, -0.1) is 0 Å². The Morgan fingerprint density at radius 1 is 1.30 bits per heavy atom. The molecule has 5 heterocycles. The number of ether oxygens (including phenoxy) is 1. The summed E-state index contributed by atoms with van der Waals surface area (Å²) in [6.45, 7) is 2.19. The van der Waals surface area contributed by atoms with E-state index in [1.165, 1.54) is 19.4 Å². The van der Waals surface area contributed by atoms with Crippen LogP contribution in [-0.2, 0) is 6.18 Å². The van der Waals surface area contributed by atoms with Crippen molar-refractivity contribution in [3.63, 3.8) is 0 Å². The predicted molar refractivity (Wildman–Crippen MR) is 126 cm³/mol. The van der Waals surface area contributed by atoms with E-state index in [4.69, 9.17) is 10.5 Å². The summed E-state index contributed by atoms with van der Waals surface area (Å²) in [7, 11) is 1.31. The summed E-state index contributed by atoms with van der Waals surface area (Å²) in [4.78, 5) is 22.9. The molecule has 3 aromatic heterocycles. The topological polar surface area (TPSA) is 123 Å². The Hall–Kier alpha value is -3.52. The third-order valence-corrected chi connectivity index (χ3v) is 6.75. The molecule has 0 bridgehead atoms. The molecule has 2 aliphatic rings. The lowest BCUT2D eigenvalue weighted by Gasteiger charge is -2.20. The van der Waals surface area contributed by atoms with Crippen LogP contribution in [-0.4, -0.2) is 81.9 Å². The Morgan fingerprint density at radius 3 is 2.81 bits per heavy atom. The normalized spacial score (nSPS) is 22.6. The fourth-order valence-corrected chi connectivity index (χ4v) is 5.00. The SMILES string of the molecule is COc1ncc(-c2cc(C(F)(F)F)c3c(N)ncnn23)cc1C(=O)NC1CN(CC2CCCN2)CC1F. The average Bonchev–Trinajstić information content (AvgIpc) is 3.58. The Balaban J connectivity index is 1.43. The molecule has 10 nitrogen and oxygen atoms in total. The maximum atomic E-state index is 14.8. The van der Waals surface area contributed by atoms with Crippen molar-refractivity contribution in [2.75, 3.05) is 39.0 Å². The lowest BCUT2D eigenvalue weighted by Crippen LogP contribution is -2.42. The van der Waals surface area contributed by atoms with Crippen LogP contribution in [0.25, 0.3) is 16.8 Å². The maximum absolute atomic E-state index is 14.8. The summed E-state index contributed by atoms with van der Waals surface area (Å²) in [5.41, 5.74) is 4.40. The number of halogens is 4. The summed E-state index contributed by atoms with van der Waals surface area (Å²) in [6, 6.07) is 1.76. The van der Waals surface area contributed by atoms with E-state index in [1.807, 2.05) is 4.90 Å². The number of likely N-dealkylation sites (tertiary alicyclic amines) is 1. The number of nitrogens with one attached hydrogen (secondary N) is 2. The summed E-state index contributed by atoms with van der Waals surface area (Å²) in [6.07, 6.45) is -1.58. The van der Waals surface area contributed by atoms with Crippen LogP contribution in [0.2, 0.25) is 0 Å². The third kappa shape index (κ3) is 4.90. The molecule has 0 aromatic carbocycles. The molecule has 3 atom stereocenters. The van der Waals surface area contributed by atoms with Crippen molar-refractivity contribution in [1.29, 1.82) is 0 Å². The number of alkyl halides is 4. The number of aromatic nitrogens is 4. The number of methoxy groups -OCH3 is 1. The Labute approximate surface area is 209 Å². The number of fused-ring (bicyclic) bond motifs is 1. The van der Waals surface area contributed by atoms with E-state index in [-0.39, 0.29) is 35.1 Å². The highest BCUT2D eigenvalue weighted by Crippen LogP contribution is 2.39. The maximum Gasteiger partial charge on any atom is 0.418 e. The summed E-state index contributed by atoms with van der Waals surface area (Å²) >= 11 is 0. The summed E-state index contributed by atoms with van der Waals surface area (Å²) < 4.78 is 62.1. The quantitative estimate of drug-likeness (QED) is 0.420. The van der Waals surface area contributed by atoms with E-state index in [2.05, 4.69) is 25.7 Å². The van der Waals surface area contributed by atoms with Crippen molar-refractivity contribution in [2.24, 2.45) is 0 Å². The molecule has 0 radical (unpaired) electrons. The number of nitrogens with zero attached hydrogens (tertiary/aromatic N) is 5. The zero-order valence-electron chi connectivity index (χ0n) is 19.9. The van der Waals surface area contributed by atoms with Gasteiger partial charge in [-0.1, -0.05) is 0 Å². The van der Waals surface area contributed by atoms with Crippen LogP contribution in [0.5, 0.6) is 5.88 Å². The second kappa shape index (κ2) is 9.74. The molecule has 2 aliphatic heterocycles. The first-order chi connectivity index (χ1) is 17.7. The number of rotatable bonds is 6. The molecular weight excluding hydrogens is 496 g/mol. The number of anilines is 1. The number of hydrogen-bond donors (Lipinski definition) is 3. The first-order valence-corrected chi connectivity index (χ1v) is 11.8. The van der Waals surface area contributed by atoms with Gasteiger partial charge in [0, 0.05) is 37.4 Å². The lowest BCUT2D eigenvalue weighted by atomic mass is 10.1. The molecule has 198 valence electrons. The fourth-order valence-electron chi connectivity index (χ4n) is 5.00. The van der Waals surface area contributed by atoms with Crippen molar-refractivity contribution in [3.8, 4) is 17.1 Å². The first kappa shape index (κ1) is 25.1. The number of hydrogen-bond acceptors (Lipinski definition) is 8. The molecular formula is C23H26F4N8O2. The van der Waals surface area contributed by atoms with Crippen LogP contribution in [0.4, 0.5) is 23.4 Å². The van der Waals surface area contributed by atoms with Crippen molar-refractivity contribution >= 4 is 17.2 Å². The van der Waals surface area contributed by atoms with Crippen LogP contribution in [0, 0.1) is 0 Å². The van der Waals surface area contributed by atoms with E-state index >= 15 is 0 Å². The minimum Gasteiger partial charge on any atom is -0.480 e. The summed E-state index contributed by atoms with van der Waals surface area (Å²) in [5, 5.41) is 10.00. The van der Waals surface area contributed by atoms with Crippen LogP contribution >= 0.6 is 0 Å². The molecule has 0 aliphatic carbocycles. The largest absolute Gasteiger partial charge is 0.480 e. The molecule has 14 heteroatoms. The van der Waals surface area contributed by atoms with Gasteiger partial charge in [0.05, 0.1) is 24.4 Å². The van der Waals surface area contributed by atoms with Gasteiger partial charge < -0.3 is 21.1 Å². The van der Waals surface area contributed by atoms with Crippen molar-refractivity contribution in [2.45, 2.75) is 37.3 Å². The molecule has 2 fully saturated rings. The van der Waals surface area contributed by atoms with Gasteiger partial charge >= 0.3 is 6.18 Å². The second-order valence-corrected chi connectivity index (χ2v) is 9.24. The lowest BCUT2D eigenvalue weighted by molar-refractivity contribution is -0.136. The second-order valence-electron chi connectivity index (χ2n) is 9.24. The zero-order chi connectivity index (χ0) is 26.3. The van der Waals surface area contributed by atoms with Gasteiger partial charge in [-0.3, -0.25) is 9.69 Å². The number of carbonyl (C=O) groups is 1. The number of amides is 1. The van der Waals surface area contributed by atoms with Crippen LogP contribution < -0.4 is 21.1 Å². The standard InChI is InChI=1S/C23H26F4N8O2/c1-37-22-14(21(36)33-17-10-34(9-16(17)24)8-13-3-2-4-29-13)5-12(7-30-22)18-6-15(23(25,26)27)19-20(28)31-11-32-35(18)19/h5-7,11,13,16-17,29H,2-4,8-10H2,1H3,(H,33,36)(H2,28,31,32). The van der Waals surface area contributed by atoms with E-state index < -0.39 is 35.4 Å². The van der Waals surface area contributed by atoms with Crippen molar-refractivity contribution < 1.29 is 27.1 Å². The van der Waals surface area contributed by atoms with E-state index in [9.17, 15) is 22.4 Å². The zero-order valence-corrected chi connectivity index (χ0v) is 19.9. The molecule has 0 spiro atoms. The van der Waals surface area contributed by atoms with E-state index in [0.29, 0.717) is 19.1 Å². The number of nitrogens with two attached hydrogens (primary N) is 1. The highest BCUT2D eigenvalue weighted by atomic mass is 19.4. The monoisotopic (exact) mass is 522 g/mol. The fraction of sp³-hybridized carbons (Fsp3) is 0.478. The Morgan fingerprint density at radius 2 is 2.11 bits per heavy atom. The van der Waals surface area contributed by atoms with Gasteiger partial charge in [-0.05, 0) is 31.5 Å².